The maximum atomic E-state index is 15.1. The lowest BCUT2D eigenvalue weighted by Gasteiger charge is -2.32. The Morgan fingerprint density at radius 1 is 1.10 bits per heavy atom. The maximum absolute atomic E-state index is 15.1. The molecule has 6 rings (SSSR count). The zero-order valence-corrected chi connectivity index (χ0v) is 23.1. The number of anilines is 2. The number of benzene rings is 1. The molecule has 0 unspecified atom stereocenters. The van der Waals surface area contributed by atoms with Crippen LogP contribution in [-0.2, 0) is 11.3 Å². The van der Waals surface area contributed by atoms with E-state index in [2.05, 4.69) is 31.5 Å². The molecule has 2 N–H and O–H groups in total. The van der Waals surface area contributed by atoms with Crippen LogP contribution in [0.25, 0.3) is 22.4 Å². The summed E-state index contributed by atoms with van der Waals surface area (Å²) < 4.78 is 22.7. The zero-order chi connectivity index (χ0) is 28.2. The molecule has 2 saturated heterocycles. The van der Waals surface area contributed by atoms with Crippen LogP contribution in [0, 0.1) is 5.82 Å². The molecular weight excluding hydrogens is 525 g/mol. The number of aromatic nitrogens is 5. The Morgan fingerprint density at radius 2 is 1.93 bits per heavy atom. The molecule has 0 saturated carbocycles. The number of nitrogens with one attached hydrogen (secondary N) is 2. The number of carbonyl (C=O) groups is 1. The van der Waals surface area contributed by atoms with Gasteiger partial charge < -0.3 is 20.3 Å². The number of carbonyl (C=O) groups excluding carboxylic acids is 1. The lowest BCUT2D eigenvalue weighted by molar-refractivity contribution is 0.122. The van der Waals surface area contributed by atoms with Gasteiger partial charge in [0.25, 0.3) is 0 Å². The van der Waals surface area contributed by atoms with Gasteiger partial charge >= 0.3 is 6.03 Å². The number of pyridine rings is 1. The number of likely N-dealkylation sites (tertiary alicyclic amines) is 1. The van der Waals surface area contributed by atoms with Gasteiger partial charge in [0.2, 0.25) is 0 Å². The van der Waals surface area contributed by atoms with E-state index in [1.807, 2.05) is 23.1 Å². The molecule has 214 valence electrons. The molecule has 11 nitrogen and oxygen atoms in total. The lowest BCUT2D eigenvalue weighted by atomic mass is 10.0. The summed E-state index contributed by atoms with van der Waals surface area (Å²) in [5, 5.41) is 10.8. The zero-order valence-electron chi connectivity index (χ0n) is 23.1. The van der Waals surface area contributed by atoms with Gasteiger partial charge in [-0.2, -0.15) is 5.10 Å². The van der Waals surface area contributed by atoms with Crippen LogP contribution < -0.4 is 15.5 Å². The average Bonchev–Trinajstić information content (AvgIpc) is 3.43. The molecule has 1 aromatic carbocycles. The van der Waals surface area contributed by atoms with Crippen molar-refractivity contribution in [2.75, 3.05) is 56.2 Å². The van der Waals surface area contributed by atoms with E-state index in [0.29, 0.717) is 44.2 Å². The quantitative estimate of drug-likeness (QED) is 0.351. The first-order valence-corrected chi connectivity index (χ1v) is 14.1. The van der Waals surface area contributed by atoms with Crippen molar-refractivity contribution in [2.45, 2.75) is 32.4 Å². The second-order valence-electron chi connectivity index (χ2n) is 10.3. The van der Waals surface area contributed by atoms with Crippen molar-refractivity contribution in [1.82, 2.24) is 34.9 Å². The Hall–Kier alpha value is -4.16. The fraction of sp³-hybridized carbons (Fsp3) is 0.414. The van der Waals surface area contributed by atoms with Crippen LogP contribution in [0.5, 0.6) is 0 Å². The Bertz CT molecular complexity index is 1500. The maximum Gasteiger partial charge on any atom is 0.319 e. The smallest absolute Gasteiger partial charge is 0.319 e. The number of hydrogen-bond acceptors (Lipinski definition) is 8. The van der Waals surface area contributed by atoms with Gasteiger partial charge in [-0.3, -0.25) is 9.88 Å². The number of hydrogen-bond donors (Lipinski definition) is 2. The van der Waals surface area contributed by atoms with Crippen molar-refractivity contribution in [2.24, 2.45) is 0 Å². The van der Waals surface area contributed by atoms with Crippen molar-refractivity contribution in [3.05, 3.63) is 60.3 Å². The topological polar surface area (TPSA) is 113 Å². The summed E-state index contributed by atoms with van der Waals surface area (Å²) in [6, 6.07) is 8.45. The Labute approximate surface area is 237 Å². The molecule has 2 amide bonds. The first kappa shape index (κ1) is 27.0. The Morgan fingerprint density at radius 3 is 2.66 bits per heavy atom. The highest BCUT2D eigenvalue weighted by atomic mass is 19.1. The SMILES string of the molecule is CCNC(=O)Nc1ccc(-c2nc(N3CCOCC3)c3cnn(C4CCN(Cc5cccnc5)CC4)c3n2)cc1F. The number of fused-ring (bicyclic) bond motifs is 1. The summed E-state index contributed by atoms with van der Waals surface area (Å²) in [4.78, 5) is 30.6. The van der Waals surface area contributed by atoms with Crippen molar-refractivity contribution in [3.63, 3.8) is 0 Å². The van der Waals surface area contributed by atoms with E-state index in [1.54, 1.807) is 19.2 Å². The number of nitrogens with zero attached hydrogens (tertiary/aromatic N) is 7. The summed E-state index contributed by atoms with van der Waals surface area (Å²) in [6.07, 6.45) is 7.46. The van der Waals surface area contributed by atoms with Crippen LogP contribution >= 0.6 is 0 Å². The van der Waals surface area contributed by atoms with Crippen LogP contribution in [-0.4, -0.2) is 81.6 Å². The van der Waals surface area contributed by atoms with Gasteiger partial charge in [-0.05, 0) is 49.6 Å². The third-order valence-corrected chi connectivity index (χ3v) is 7.59. The van der Waals surface area contributed by atoms with Gasteiger partial charge in [0.1, 0.15) is 11.6 Å². The number of amides is 2. The van der Waals surface area contributed by atoms with Crippen LogP contribution in [0.4, 0.5) is 20.7 Å². The number of rotatable bonds is 7. The summed E-state index contributed by atoms with van der Waals surface area (Å²) in [7, 11) is 0. The van der Waals surface area contributed by atoms with E-state index in [0.717, 1.165) is 49.3 Å². The molecule has 0 aliphatic carbocycles. The standard InChI is InChI=1S/C29H34FN9O2/c1-2-32-29(40)34-25-6-5-21(16-24(25)30)26-35-27(38-12-14-41-15-13-38)23-18-33-39(28(23)36-26)22-7-10-37(11-8-22)19-20-4-3-9-31-17-20/h3-6,9,16-18,22H,2,7-8,10-15,19H2,1H3,(H2,32,34,40). The van der Waals surface area contributed by atoms with Crippen LogP contribution in [0.1, 0.15) is 31.4 Å². The second-order valence-corrected chi connectivity index (χ2v) is 10.3. The van der Waals surface area contributed by atoms with Crippen molar-refractivity contribution in [3.8, 4) is 11.4 Å². The van der Waals surface area contributed by atoms with E-state index in [1.165, 1.54) is 17.7 Å². The largest absolute Gasteiger partial charge is 0.378 e. The predicted molar refractivity (Wildman–Crippen MR) is 154 cm³/mol. The molecule has 0 radical (unpaired) electrons. The highest BCUT2D eigenvalue weighted by Gasteiger charge is 2.26. The normalized spacial score (nSPS) is 16.7. The lowest BCUT2D eigenvalue weighted by Crippen LogP contribution is -2.37. The van der Waals surface area contributed by atoms with Gasteiger partial charge in [0.15, 0.2) is 11.5 Å². The molecule has 4 aromatic rings. The third-order valence-electron chi connectivity index (χ3n) is 7.59. The van der Waals surface area contributed by atoms with Crippen molar-refractivity contribution >= 4 is 28.6 Å². The molecule has 41 heavy (non-hydrogen) atoms. The fourth-order valence-corrected chi connectivity index (χ4v) is 5.48. The number of piperidine rings is 1. The number of halogens is 1. The molecule has 2 aliphatic heterocycles. The highest BCUT2D eigenvalue weighted by molar-refractivity contribution is 5.90. The Balaban J connectivity index is 1.30. The predicted octanol–water partition coefficient (Wildman–Crippen LogP) is 3.84. The molecule has 0 bridgehead atoms. The second kappa shape index (κ2) is 12.1. The van der Waals surface area contributed by atoms with E-state index in [-0.39, 0.29) is 11.7 Å². The van der Waals surface area contributed by atoms with Crippen molar-refractivity contribution in [1.29, 1.82) is 0 Å². The molecule has 0 spiro atoms. The molecule has 2 fully saturated rings. The minimum atomic E-state index is -0.556. The van der Waals surface area contributed by atoms with Crippen LogP contribution in [0.15, 0.2) is 48.9 Å². The first-order valence-electron chi connectivity index (χ1n) is 14.1. The summed E-state index contributed by atoms with van der Waals surface area (Å²) in [6.45, 7) is 7.64. The van der Waals surface area contributed by atoms with Crippen LogP contribution in [0.2, 0.25) is 0 Å². The molecule has 12 heteroatoms. The fourth-order valence-electron chi connectivity index (χ4n) is 5.48. The number of morpholine rings is 1. The number of urea groups is 1. The molecule has 5 heterocycles. The van der Waals surface area contributed by atoms with E-state index in [9.17, 15) is 4.79 Å². The molecular formula is C29H34FN9O2. The third kappa shape index (κ3) is 5.98. The highest BCUT2D eigenvalue weighted by Crippen LogP contribution is 2.33. The van der Waals surface area contributed by atoms with E-state index in [4.69, 9.17) is 19.8 Å². The molecule has 2 aliphatic rings. The monoisotopic (exact) mass is 559 g/mol. The van der Waals surface area contributed by atoms with Gasteiger partial charge in [-0.1, -0.05) is 6.07 Å². The Kier molecular flexibility index (Phi) is 8.01. The molecule has 3 aromatic heterocycles. The van der Waals surface area contributed by atoms with Gasteiger partial charge in [-0.25, -0.2) is 23.8 Å². The summed E-state index contributed by atoms with van der Waals surface area (Å²) >= 11 is 0. The van der Waals surface area contributed by atoms with Gasteiger partial charge in [0, 0.05) is 57.2 Å². The minimum absolute atomic E-state index is 0.0947. The minimum Gasteiger partial charge on any atom is -0.378 e. The van der Waals surface area contributed by atoms with Crippen molar-refractivity contribution < 1.29 is 13.9 Å². The van der Waals surface area contributed by atoms with Gasteiger partial charge in [-0.15, -0.1) is 0 Å². The first-order chi connectivity index (χ1) is 20.1. The van der Waals surface area contributed by atoms with E-state index >= 15 is 4.39 Å². The number of ether oxygens (including phenoxy) is 1. The van der Waals surface area contributed by atoms with E-state index < -0.39 is 11.8 Å². The molecule has 0 atom stereocenters. The van der Waals surface area contributed by atoms with Gasteiger partial charge in [0.05, 0.1) is 36.5 Å². The summed E-state index contributed by atoms with van der Waals surface area (Å²) in [5.41, 5.74) is 2.58. The van der Waals surface area contributed by atoms with Crippen LogP contribution in [0.3, 0.4) is 0 Å². The average molecular weight is 560 g/mol. The summed E-state index contributed by atoms with van der Waals surface area (Å²) in [5.74, 6) is 0.636.